The zero-order valence-electron chi connectivity index (χ0n) is 11.1. The molecule has 0 saturated heterocycles. The molecule has 4 heteroatoms. The molecule has 19 heavy (non-hydrogen) atoms. The number of hydrogen-bond acceptors (Lipinski definition) is 3. The predicted molar refractivity (Wildman–Crippen MR) is 80.5 cm³/mol. The zero-order chi connectivity index (χ0) is 13.2. The summed E-state index contributed by atoms with van der Waals surface area (Å²) in [5, 5.41) is 7.70. The first kappa shape index (κ1) is 12.4. The number of para-hydroxylation sites is 2. The lowest BCUT2D eigenvalue weighted by Crippen LogP contribution is -2.19. The van der Waals surface area contributed by atoms with Gasteiger partial charge in [-0.1, -0.05) is 12.1 Å². The van der Waals surface area contributed by atoms with Gasteiger partial charge in [-0.15, -0.1) is 0 Å². The SMILES string of the molecule is CNC(Cc1nc2ccccc2n1C)c1ccsc1. The average molecular weight is 271 g/mol. The van der Waals surface area contributed by atoms with Crippen molar-refractivity contribution in [1.29, 1.82) is 0 Å². The van der Waals surface area contributed by atoms with Crippen molar-refractivity contribution in [3.8, 4) is 0 Å². The average Bonchev–Trinajstić information content (AvgIpc) is 3.06. The first-order valence-electron chi connectivity index (χ1n) is 6.39. The molecule has 1 unspecified atom stereocenters. The van der Waals surface area contributed by atoms with Gasteiger partial charge in [0.2, 0.25) is 0 Å². The Morgan fingerprint density at radius 2 is 2.16 bits per heavy atom. The monoisotopic (exact) mass is 271 g/mol. The smallest absolute Gasteiger partial charge is 0.111 e. The predicted octanol–water partition coefficient (Wildman–Crippen LogP) is 3.14. The van der Waals surface area contributed by atoms with Gasteiger partial charge in [0, 0.05) is 19.5 Å². The van der Waals surface area contributed by atoms with Crippen LogP contribution >= 0.6 is 11.3 Å². The molecule has 2 heterocycles. The maximum absolute atomic E-state index is 4.74. The van der Waals surface area contributed by atoms with Crippen LogP contribution in [0.25, 0.3) is 11.0 Å². The van der Waals surface area contributed by atoms with Crippen LogP contribution in [0, 0.1) is 0 Å². The van der Waals surface area contributed by atoms with Gasteiger partial charge < -0.3 is 9.88 Å². The van der Waals surface area contributed by atoms with E-state index in [1.54, 1.807) is 11.3 Å². The largest absolute Gasteiger partial charge is 0.331 e. The molecule has 3 rings (SSSR count). The van der Waals surface area contributed by atoms with Crippen LogP contribution in [0.3, 0.4) is 0 Å². The lowest BCUT2D eigenvalue weighted by atomic mass is 10.1. The van der Waals surface area contributed by atoms with Gasteiger partial charge in [-0.3, -0.25) is 0 Å². The molecule has 0 spiro atoms. The van der Waals surface area contributed by atoms with Crippen molar-refractivity contribution in [1.82, 2.24) is 14.9 Å². The number of aryl methyl sites for hydroxylation is 1. The molecule has 2 aromatic heterocycles. The summed E-state index contributed by atoms with van der Waals surface area (Å²) >= 11 is 1.74. The molecular weight excluding hydrogens is 254 g/mol. The standard InChI is InChI=1S/C15H17N3S/c1-16-13(11-7-8-19-10-11)9-15-17-12-5-3-4-6-14(12)18(15)2/h3-8,10,13,16H,9H2,1-2H3. The summed E-state index contributed by atoms with van der Waals surface area (Å²) < 4.78 is 2.19. The number of aromatic nitrogens is 2. The fourth-order valence-corrected chi connectivity index (χ4v) is 3.13. The van der Waals surface area contributed by atoms with E-state index in [2.05, 4.69) is 52.0 Å². The Morgan fingerprint density at radius 3 is 2.84 bits per heavy atom. The number of nitrogens with zero attached hydrogens (tertiary/aromatic N) is 2. The second-order valence-electron chi connectivity index (χ2n) is 4.68. The van der Waals surface area contributed by atoms with Crippen molar-refractivity contribution in [2.45, 2.75) is 12.5 Å². The van der Waals surface area contributed by atoms with Crippen molar-refractivity contribution in [2.24, 2.45) is 7.05 Å². The van der Waals surface area contributed by atoms with Gasteiger partial charge in [0.1, 0.15) is 5.82 Å². The van der Waals surface area contributed by atoms with E-state index in [1.807, 2.05) is 13.1 Å². The molecule has 98 valence electrons. The minimum Gasteiger partial charge on any atom is -0.331 e. The number of fused-ring (bicyclic) bond motifs is 1. The van der Waals surface area contributed by atoms with Crippen LogP contribution in [0.5, 0.6) is 0 Å². The Balaban J connectivity index is 1.94. The van der Waals surface area contributed by atoms with Crippen molar-refractivity contribution in [3.63, 3.8) is 0 Å². The lowest BCUT2D eigenvalue weighted by Gasteiger charge is -2.14. The third-order valence-corrected chi connectivity index (χ3v) is 4.26. The van der Waals surface area contributed by atoms with Crippen molar-refractivity contribution >= 4 is 22.4 Å². The first-order chi connectivity index (χ1) is 9.29. The zero-order valence-corrected chi connectivity index (χ0v) is 11.9. The number of thiophene rings is 1. The van der Waals surface area contributed by atoms with Crippen LogP contribution in [0.1, 0.15) is 17.4 Å². The molecule has 0 fully saturated rings. The van der Waals surface area contributed by atoms with E-state index in [-0.39, 0.29) is 0 Å². The van der Waals surface area contributed by atoms with Gasteiger partial charge >= 0.3 is 0 Å². The van der Waals surface area contributed by atoms with Crippen LogP contribution in [0.15, 0.2) is 41.1 Å². The summed E-state index contributed by atoms with van der Waals surface area (Å²) in [6, 6.07) is 10.8. The van der Waals surface area contributed by atoms with E-state index in [4.69, 9.17) is 4.98 Å². The summed E-state index contributed by atoms with van der Waals surface area (Å²) in [7, 11) is 4.09. The Labute approximate surface area is 116 Å². The summed E-state index contributed by atoms with van der Waals surface area (Å²) in [6.07, 6.45) is 0.901. The quantitative estimate of drug-likeness (QED) is 0.790. The van der Waals surface area contributed by atoms with Gasteiger partial charge in [0.15, 0.2) is 0 Å². The highest BCUT2D eigenvalue weighted by molar-refractivity contribution is 7.07. The van der Waals surface area contributed by atoms with Crippen molar-refractivity contribution in [2.75, 3.05) is 7.05 Å². The molecule has 0 bridgehead atoms. The number of benzene rings is 1. The molecule has 1 aromatic carbocycles. The molecule has 1 N–H and O–H groups in total. The van der Waals surface area contributed by atoms with Crippen LogP contribution in [0.2, 0.25) is 0 Å². The van der Waals surface area contributed by atoms with E-state index in [9.17, 15) is 0 Å². The second-order valence-corrected chi connectivity index (χ2v) is 5.46. The minimum absolute atomic E-state index is 0.321. The van der Waals surface area contributed by atoms with E-state index in [0.29, 0.717) is 6.04 Å². The van der Waals surface area contributed by atoms with Crippen molar-refractivity contribution in [3.05, 3.63) is 52.5 Å². The highest BCUT2D eigenvalue weighted by Crippen LogP contribution is 2.22. The molecule has 3 nitrogen and oxygen atoms in total. The van der Waals surface area contributed by atoms with Crippen LogP contribution in [-0.4, -0.2) is 16.6 Å². The van der Waals surface area contributed by atoms with E-state index >= 15 is 0 Å². The molecule has 0 aliphatic carbocycles. The third-order valence-electron chi connectivity index (χ3n) is 3.56. The minimum atomic E-state index is 0.321. The number of imidazole rings is 1. The van der Waals surface area contributed by atoms with Crippen LogP contribution < -0.4 is 5.32 Å². The summed E-state index contributed by atoms with van der Waals surface area (Å²) in [5.41, 5.74) is 3.59. The Kier molecular flexibility index (Phi) is 3.36. The summed E-state index contributed by atoms with van der Waals surface area (Å²) in [6.45, 7) is 0. The second kappa shape index (κ2) is 5.15. The maximum atomic E-state index is 4.74. The Morgan fingerprint density at radius 1 is 1.32 bits per heavy atom. The van der Waals surface area contributed by atoms with E-state index in [0.717, 1.165) is 17.8 Å². The molecule has 3 aromatic rings. The van der Waals surface area contributed by atoms with Gasteiger partial charge in [-0.2, -0.15) is 11.3 Å². The third kappa shape index (κ3) is 2.29. The fraction of sp³-hybridized carbons (Fsp3) is 0.267. The number of hydrogen-bond donors (Lipinski definition) is 1. The van der Waals surface area contributed by atoms with E-state index in [1.165, 1.54) is 11.1 Å². The topological polar surface area (TPSA) is 29.9 Å². The fourth-order valence-electron chi connectivity index (χ4n) is 2.42. The molecule has 1 atom stereocenters. The molecule has 0 radical (unpaired) electrons. The van der Waals surface area contributed by atoms with Gasteiger partial charge in [-0.25, -0.2) is 4.98 Å². The number of nitrogens with one attached hydrogen (secondary N) is 1. The number of rotatable bonds is 4. The van der Waals surface area contributed by atoms with Gasteiger partial charge in [-0.05, 0) is 41.6 Å². The molecule has 0 amide bonds. The maximum Gasteiger partial charge on any atom is 0.111 e. The highest BCUT2D eigenvalue weighted by Gasteiger charge is 2.15. The van der Waals surface area contributed by atoms with E-state index < -0.39 is 0 Å². The summed E-state index contributed by atoms with van der Waals surface area (Å²) in [4.78, 5) is 4.74. The molecule has 0 aliphatic rings. The highest BCUT2D eigenvalue weighted by atomic mass is 32.1. The normalized spacial score (nSPS) is 12.9. The van der Waals surface area contributed by atoms with Crippen LogP contribution in [0.4, 0.5) is 0 Å². The lowest BCUT2D eigenvalue weighted by molar-refractivity contribution is 0.567. The Hall–Kier alpha value is -1.65. The van der Waals surface area contributed by atoms with Gasteiger partial charge in [0.25, 0.3) is 0 Å². The molecular formula is C15H17N3S. The first-order valence-corrected chi connectivity index (χ1v) is 7.33. The van der Waals surface area contributed by atoms with Gasteiger partial charge in [0.05, 0.1) is 11.0 Å². The van der Waals surface area contributed by atoms with Crippen molar-refractivity contribution < 1.29 is 0 Å². The molecule has 0 saturated carbocycles. The Bertz CT molecular complexity index is 670. The molecule has 0 aliphatic heterocycles. The summed E-state index contributed by atoms with van der Waals surface area (Å²) in [5.74, 6) is 1.12. The van der Waals surface area contributed by atoms with Crippen LogP contribution in [-0.2, 0) is 13.5 Å². The number of likely N-dealkylation sites (N-methyl/N-ethyl adjacent to an activating group) is 1.